The maximum Gasteiger partial charge on any atom is 0.0788 e. The molecule has 0 spiro atoms. The van der Waals surface area contributed by atoms with Crippen LogP contribution in [0.15, 0.2) is 34.9 Å². The summed E-state index contributed by atoms with van der Waals surface area (Å²) in [5.74, 6) is 2.22. The molecule has 0 heterocycles. The lowest BCUT2D eigenvalue weighted by atomic mass is 9.60. The van der Waals surface area contributed by atoms with Gasteiger partial charge in [0.1, 0.15) is 0 Å². The first-order valence-electron chi connectivity index (χ1n) is 12.7. The molecule has 3 heteroatoms. The van der Waals surface area contributed by atoms with Gasteiger partial charge in [-0.3, -0.25) is 0 Å². The molecule has 0 aromatic carbocycles. The van der Waals surface area contributed by atoms with E-state index in [9.17, 15) is 10.2 Å². The predicted octanol–water partition coefficient (Wildman–Crippen LogP) is 6.10. The fourth-order valence-corrected chi connectivity index (χ4v) is 6.96. The van der Waals surface area contributed by atoms with E-state index in [1.54, 1.807) is 11.6 Å². The fraction of sp³-hybridized carbons (Fsp3) is 0.786. The highest BCUT2D eigenvalue weighted by molar-refractivity contribution is 5.28. The number of aliphatic hydroxyl groups is 3. The van der Waals surface area contributed by atoms with E-state index in [4.69, 9.17) is 5.11 Å². The minimum atomic E-state index is -0.544. The molecule has 3 rings (SSSR count). The van der Waals surface area contributed by atoms with Crippen molar-refractivity contribution in [1.82, 2.24) is 0 Å². The molecule has 31 heavy (non-hydrogen) atoms. The molecular formula is C28H46O3. The van der Waals surface area contributed by atoms with Gasteiger partial charge < -0.3 is 15.3 Å². The van der Waals surface area contributed by atoms with Gasteiger partial charge >= 0.3 is 0 Å². The van der Waals surface area contributed by atoms with Crippen molar-refractivity contribution in [3.63, 3.8) is 0 Å². The van der Waals surface area contributed by atoms with Crippen LogP contribution in [0.25, 0.3) is 0 Å². The maximum absolute atomic E-state index is 10.4. The highest BCUT2D eigenvalue weighted by Crippen LogP contribution is 2.60. The average Bonchev–Trinajstić information content (AvgIpc) is 3.05. The minimum Gasteiger partial charge on any atom is -0.392 e. The van der Waals surface area contributed by atoms with Gasteiger partial charge in [0.2, 0.25) is 0 Å². The molecule has 3 fully saturated rings. The average molecular weight is 431 g/mol. The molecule has 0 saturated heterocycles. The van der Waals surface area contributed by atoms with Gasteiger partial charge in [-0.2, -0.15) is 0 Å². The molecule has 0 radical (unpaired) electrons. The molecule has 3 aliphatic rings. The standard InChI is InChI=1S/C28H46O3/c1-20(7-5-16-27(2,3)31)24-13-14-25-22(8-6-17-28(24,25)4)11-9-21-10-12-23(15-18-29)26(30)19-21/h9,11,15,20,24-26,29-31H,5-8,10,12-14,16-19H2,1-4H3/b21-9-,22-11+,23-15+/t20-,24?,25?,26-,28-/m1/s1. The molecule has 2 unspecified atom stereocenters. The lowest BCUT2D eigenvalue weighted by Crippen LogP contribution is -2.36. The summed E-state index contributed by atoms with van der Waals surface area (Å²) in [6, 6.07) is 0. The molecule has 0 bridgehead atoms. The summed E-state index contributed by atoms with van der Waals surface area (Å²) < 4.78 is 0. The Bertz CT molecular complexity index is 696. The van der Waals surface area contributed by atoms with Crippen molar-refractivity contribution >= 4 is 0 Å². The van der Waals surface area contributed by atoms with Crippen LogP contribution >= 0.6 is 0 Å². The van der Waals surface area contributed by atoms with Crippen molar-refractivity contribution < 1.29 is 15.3 Å². The van der Waals surface area contributed by atoms with Crippen molar-refractivity contribution in [2.24, 2.45) is 23.2 Å². The minimum absolute atomic E-state index is 0.0209. The van der Waals surface area contributed by atoms with Crippen molar-refractivity contribution in [2.45, 2.75) is 110 Å². The van der Waals surface area contributed by atoms with E-state index in [0.717, 1.165) is 43.1 Å². The van der Waals surface area contributed by atoms with Gasteiger partial charge in [-0.05, 0) is 100 Å². The summed E-state index contributed by atoms with van der Waals surface area (Å²) in [6.07, 6.45) is 18.4. The Labute approximate surface area is 190 Å². The van der Waals surface area contributed by atoms with Crippen LogP contribution < -0.4 is 0 Å². The van der Waals surface area contributed by atoms with E-state index >= 15 is 0 Å². The predicted molar refractivity (Wildman–Crippen MR) is 129 cm³/mol. The number of allylic oxidation sites excluding steroid dienone is 3. The topological polar surface area (TPSA) is 60.7 Å². The lowest BCUT2D eigenvalue weighted by molar-refractivity contribution is 0.0596. The van der Waals surface area contributed by atoms with Gasteiger partial charge in [-0.1, -0.05) is 56.1 Å². The van der Waals surface area contributed by atoms with Crippen molar-refractivity contribution in [3.8, 4) is 0 Å². The fourth-order valence-electron chi connectivity index (χ4n) is 6.96. The van der Waals surface area contributed by atoms with E-state index < -0.39 is 11.7 Å². The number of aliphatic hydroxyl groups excluding tert-OH is 2. The second kappa shape index (κ2) is 10.4. The van der Waals surface area contributed by atoms with Crippen LogP contribution in [0, 0.1) is 23.2 Å². The molecule has 0 aromatic rings. The lowest BCUT2D eigenvalue weighted by Gasteiger charge is -2.44. The summed E-state index contributed by atoms with van der Waals surface area (Å²) in [4.78, 5) is 0. The normalized spacial score (nSPS) is 36.9. The van der Waals surface area contributed by atoms with Gasteiger partial charge in [-0.25, -0.2) is 0 Å². The molecule has 0 amide bonds. The summed E-state index contributed by atoms with van der Waals surface area (Å²) in [6.45, 7) is 8.87. The van der Waals surface area contributed by atoms with E-state index in [-0.39, 0.29) is 6.61 Å². The summed E-state index contributed by atoms with van der Waals surface area (Å²) in [7, 11) is 0. The number of rotatable bonds is 7. The highest BCUT2D eigenvalue weighted by Gasteiger charge is 2.50. The van der Waals surface area contributed by atoms with E-state index in [2.05, 4.69) is 26.0 Å². The molecule has 5 atom stereocenters. The van der Waals surface area contributed by atoms with Crippen molar-refractivity contribution in [1.29, 1.82) is 0 Å². The van der Waals surface area contributed by atoms with Crippen LogP contribution in [-0.4, -0.2) is 33.6 Å². The zero-order chi connectivity index (χ0) is 22.6. The van der Waals surface area contributed by atoms with Crippen LogP contribution in [0.1, 0.15) is 98.3 Å². The smallest absolute Gasteiger partial charge is 0.0788 e. The summed E-state index contributed by atoms with van der Waals surface area (Å²) in [5, 5.41) is 29.5. The second-order valence-corrected chi connectivity index (χ2v) is 11.5. The first kappa shape index (κ1) is 24.7. The Kier molecular flexibility index (Phi) is 8.27. The molecule has 3 aliphatic carbocycles. The van der Waals surface area contributed by atoms with Crippen LogP contribution in [0.4, 0.5) is 0 Å². The summed E-state index contributed by atoms with van der Waals surface area (Å²) >= 11 is 0. The monoisotopic (exact) mass is 430 g/mol. The Morgan fingerprint density at radius 3 is 2.58 bits per heavy atom. The molecule has 3 nitrogen and oxygen atoms in total. The molecule has 176 valence electrons. The zero-order valence-corrected chi connectivity index (χ0v) is 20.4. The third-order valence-corrected chi connectivity index (χ3v) is 8.68. The van der Waals surface area contributed by atoms with Gasteiger partial charge in [-0.15, -0.1) is 0 Å². The Balaban J connectivity index is 1.64. The molecule has 0 aromatic heterocycles. The summed E-state index contributed by atoms with van der Waals surface area (Å²) in [5.41, 5.74) is 3.85. The number of fused-ring (bicyclic) bond motifs is 1. The van der Waals surface area contributed by atoms with Gasteiger partial charge in [0.15, 0.2) is 0 Å². The van der Waals surface area contributed by atoms with Crippen molar-refractivity contribution in [3.05, 3.63) is 34.9 Å². The van der Waals surface area contributed by atoms with Crippen LogP contribution in [0.3, 0.4) is 0 Å². The SMILES string of the molecule is C[C@H](CCCC(C)(C)O)C1CCC2/C(=C/C=C3/CC/C(=C\CO)[C@H](O)C3)CCC[C@@]21C. The van der Waals surface area contributed by atoms with Crippen LogP contribution in [0.5, 0.6) is 0 Å². The first-order valence-corrected chi connectivity index (χ1v) is 12.7. The Morgan fingerprint density at radius 2 is 1.90 bits per heavy atom. The zero-order valence-electron chi connectivity index (χ0n) is 20.4. The van der Waals surface area contributed by atoms with E-state index in [1.165, 1.54) is 44.1 Å². The van der Waals surface area contributed by atoms with E-state index in [1.807, 2.05) is 13.8 Å². The molecule has 0 aliphatic heterocycles. The second-order valence-electron chi connectivity index (χ2n) is 11.5. The van der Waals surface area contributed by atoms with Gasteiger partial charge in [0.05, 0.1) is 18.3 Å². The maximum atomic E-state index is 10.4. The molecule has 3 saturated carbocycles. The third-order valence-electron chi connectivity index (χ3n) is 8.68. The quantitative estimate of drug-likeness (QED) is 0.428. The molecule has 3 N–H and O–H groups in total. The van der Waals surface area contributed by atoms with Gasteiger partial charge in [0, 0.05) is 0 Å². The number of hydrogen-bond acceptors (Lipinski definition) is 3. The van der Waals surface area contributed by atoms with Crippen molar-refractivity contribution in [2.75, 3.05) is 6.61 Å². The van der Waals surface area contributed by atoms with Crippen LogP contribution in [0.2, 0.25) is 0 Å². The number of hydrogen-bond donors (Lipinski definition) is 3. The third kappa shape index (κ3) is 6.12. The van der Waals surface area contributed by atoms with E-state index in [0.29, 0.717) is 17.8 Å². The Morgan fingerprint density at radius 1 is 1.13 bits per heavy atom. The Hall–Kier alpha value is -0.900. The largest absolute Gasteiger partial charge is 0.392 e. The highest BCUT2D eigenvalue weighted by atomic mass is 16.3. The van der Waals surface area contributed by atoms with Crippen LogP contribution in [-0.2, 0) is 0 Å². The molecular weight excluding hydrogens is 384 g/mol. The van der Waals surface area contributed by atoms with Gasteiger partial charge in [0.25, 0.3) is 0 Å². The first-order chi connectivity index (χ1) is 14.6.